The van der Waals surface area contributed by atoms with Crippen molar-refractivity contribution in [2.24, 2.45) is 5.73 Å². The van der Waals surface area contributed by atoms with Crippen LogP contribution in [0.5, 0.6) is 5.75 Å². The molecule has 3 N–H and O–H groups in total. The summed E-state index contributed by atoms with van der Waals surface area (Å²) in [7, 11) is 0. The normalized spacial score (nSPS) is 12.8. The maximum absolute atomic E-state index is 9.19. The monoisotopic (exact) mass is 197 g/mol. The van der Waals surface area contributed by atoms with Crippen molar-refractivity contribution in [2.45, 2.75) is 18.7 Å². The average Bonchev–Trinajstić information content (AvgIpc) is 2.03. The number of aromatic hydroxyl groups is 1. The second-order valence-corrected chi connectivity index (χ2v) is 4.19. The van der Waals surface area contributed by atoms with Crippen LogP contribution in [0.3, 0.4) is 0 Å². The zero-order chi connectivity index (χ0) is 9.68. The van der Waals surface area contributed by atoms with Crippen molar-refractivity contribution in [3.05, 3.63) is 29.8 Å². The first-order chi connectivity index (χ1) is 6.18. The first-order valence-corrected chi connectivity index (χ1v) is 5.45. The van der Waals surface area contributed by atoms with Gasteiger partial charge in [-0.15, -0.1) is 0 Å². The first kappa shape index (κ1) is 10.4. The summed E-state index contributed by atoms with van der Waals surface area (Å²) in [6.45, 7) is 2.00. The number of hydrogen-bond acceptors (Lipinski definition) is 3. The molecule has 2 nitrogen and oxygen atoms in total. The van der Waals surface area contributed by atoms with Crippen molar-refractivity contribution in [1.29, 1.82) is 0 Å². The predicted molar refractivity (Wildman–Crippen MR) is 57.9 cm³/mol. The highest BCUT2D eigenvalue weighted by atomic mass is 32.2. The van der Waals surface area contributed by atoms with Gasteiger partial charge in [-0.05, 0) is 24.6 Å². The van der Waals surface area contributed by atoms with Crippen LogP contribution in [0.1, 0.15) is 12.5 Å². The van der Waals surface area contributed by atoms with Gasteiger partial charge in [-0.1, -0.05) is 12.1 Å². The van der Waals surface area contributed by atoms with Crippen molar-refractivity contribution in [1.82, 2.24) is 0 Å². The highest BCUT2D eigenvalue weighted by Gasteiger charge is 1.97. The molecule has 1 aromatic rings. The van der Waals surface area contributed by atoms with Gasteiger partial charge in [-0.25, -0.2) is 0 Å². The third-order valence-corrected chi connectivity index (χ3v) is 2.86. The van der Waals surface area contributed by atoms with E-state index in [0.717, 1.165) is 17.1 Å². The van der Waals surface area contributed by atoms with Gasteiger partial charge in [0.25, 0.3) is 0 Å². The smallest absolute Gasteiger partial charge is 0.115 e. The summed E-state index contributed by atoms with van der Waals surface area (Å²) in [5.74, 6) is 2.20. The Morgan fingerprint density at radius 2 is 2.31 bits per heavy atom. The first-order valence-electron chi connectivity index (χ1n) is 4.29. The Hall–Kier alpha value is -0.670. The number of rotatable bonds is 4. The van der Waals surface area contributed by atoms with E-state index in [1.165, 1.54) is 0 Å². The quantitative estimate of drug-likeness (QED) is 0.775. The van der Waals surface area contributed by atoms with Crippen molar-refractivity contribution in [3.8, 4) is 5.75 Å². The van der Waals surface area contributed by atoms with E-state index >= 15 is 0 Å². The number of thioether (sulfide) groups is 1. The van der Waals surface area contributed by atoms with Gasteiger partial charge in [0.1, 0.15) is 5.75 Å². The lowest BCUT2D eigenvalue weighted by Crippen LogP contribution is -2.17. The van der Waals surface area contributed by atoms with Crippen LogP contribution in [0.15, 0.2) is 24.3 Å². The Morgan fingerprint density at radius 3 is 2.92 bits per heavy atom. The lowest BCUT2D eigenvalue weighted by molar-refractivity contribution is 0.475. The molecule has 13 heavy (non-hydrogen) atoms. The number of benzene rings is 1. The molecule has 0 saturated carbocycles. The number of phenols is 1. The second kappa shape index (κ2) is 5.14. The Bertz CT molecular complexity index is 263. The molecular weight excluding hydrogens is 182 g/mol. The van der Waals surface area contributed by atoms with Crippen molar-refractivity contribution >= 4 is 11.8 Å². The Balaban J connectivity index is 2.37. The standard InChI is InChI=1S/C10H15NOS/c1-8(11)6-13-7-9-3-2-4-10(12)5-9/h2-5,8,12H,6-7,11H2,1H3. The van der Waals surface area contributed by atoms with Gasteiger partial charge in [0.2, 0.25) is 0 Å². The molecule has 72 valence electrons. The molecule has 1 atom stereocenters. The summed E-state index contributed by atoms with van der Waals surface area (Å²) in [4.78, 5) is 0. The molecule has 1 aromatic carbocycles. The van der Waals surface area contributed by atoms with Gasteiger partial charge in [-0.2, -0.15) is 11.8 Å². The highest BCUT2D eigenvalue weighted by molar-refractivity contribution is 7.98. The molecule has 3 heteroatoms. The maximum Gasteiger partial charge on any atom is 0.115 e. The van der Waals surface area contributed by atoms with Crippen molar-refractivity contribution in [2.75, 3.05) is 5.75 Å². The zero-order valence-corrected chi connectivity index (χ0v) is 8.55. The maximum atomic E-state index is 9.19. The fourth-order valence-corrected chi connectivity index (χ4v) is 1.91. The topological polar surface area (TPSA) is 46.2 Å². The van der Waals surface area contributed by atoms with Crippen LogP contribution < -0.4 is 5.73 Å². The minimum absolute atomic E-state index is 0.238. The lowest BCUT2D eigenvalue weighted by atomic mass is 10.2. The SMILES string of the molecule is CC(N)CSCc1cccc(O)c1. The molecular formula is C10H15NOS. The second-order valence-electron chi connectivity index (χ2n) is 3.16. The van der Waals surface area contributed by atoms with Gasteiger partial charge in [0, 0.05) is 17.5 Å². The lowest BCUT2D eigenvalue weighted by Gasteiger charge is -2.04. The largest absolute Gasteiger partial charge is 0.508 e. The van der Waals surface area contributed by atoms with Gasteiger partial charge in [0.05, 0.1) is 0 Å². The van der Waals surface area contributed by atoms with Crippen LogP contribution in [0.4, 0.5) is 0 Å². The van der Waals surface area contributed by atoms with Crippen LogP contribution >= 0.6 is 11.8 Å². The van der Waals surface area contributed by atoms with Gasteiger partial charge < -0.3 is 10.8 Å². The average molecular weight is 197 g/mol. The fourth-order valence-electron chi connectivity index (χ4n) is 1.01. The third kappa shape index (κ3) is 4.20. The minimum Gasteiger partial charge on any atom is -0.508 e. The van der Waals surface area contributed by atoms with Crippen LogP contribution in [0.2, 0.25) is 0 Å². The molecule has 0 fully saturated rings. The van der Waals surface area contributed by atoms with E-state index in [4.69, 9.17) is 5.73 Å². The van der Waals surface area contributed by atoms with Gasteiger partial charge in [-0.3, -0.25) is 0 Å². The molecule has 0 spiro atoms. The number of phenolic OH excluding ortho intramolecular Hbond substituents is 1. The van der Waals surface area contributed by atoms with Crippen LogP contribution in [0.25, 0.3) is 0 Å². The minimum atomic E-state index is 0.238. The van der Waals surface area contributed by atoms with Crippen molar-refractivity contribution < 1.29 is 5.11 Å². The number of hydrogen-bond donors (Lipinski definition) is 2. The van der Waals surface area contributed by atoms with E-state index in [1.807, 2.05) is 19.1 Å². The summed E-state index contributed by atoms with van der Waals surface area (Å²) in [5.41, 5.74) is 6.76. The van der Waals surface area contributed by atoms with Crippen LogP contribution in [-0.4, -0.2) is 16.9 Å². The Labute approximate surface area is 83.1 Å². The van der Waals surface area contributed by atoms with Gasteiger partial charge >= 0.3 is 0 Å². The summed E-state index contributed by atoms with van der Waals surface area (Å²) < 4.78 is 0. The van der Waals surface area contributed by atoms with E-state index in [1.54, 1.807) is 23.9 Å². The molecule has 0 aliphatic rings. The molecule has 0 amide bonds. The Morgan fingerprint density at radius 1 is 1.54 bits per heavy atom. The molecule has 0 bridgehead atoms. The Kier molecular flexibility index (Phi) is 4.12. The van der Waals surface area contributed by atoms with E-state index in [2.05, 4.69) is 0 Å². The van der Waals surface area contributed by atoms with E-state index < -0.39 is 0 Å². The molecule has 1 rings (SSSR count). The molecule has 0 aliphatic heterocycles. The molecule has 0 aliphatic carbocycles. The van der Waals surface area contributed by atoms with Crippen LogP contribution in [-0.2, 0) is 5.75 Å². The summed E-state index contributed by atoms with van der Waals surface area (Å²) >= 11 is 1.79. The summed E-state index contributed by atoms with van der Waals surface area (Å²) in [5, 5.41) is 9.19. The number of nitrogens with two attached hydrogens (primary N) is 1. The van der Waals surface area contributed by atoms with Gasteiger partial charge in [0.15, 0.2) is 0 Å². The molecule has 1 unspecified atom stereocenters. The fraction of sp³-hybridized carbons (Fsp3) is 0.400. The summed E-state index contributed by atoms with van der Waals surface area (Å²) in [6.07, 6.45) is 0. The zero-order valence-electron chi connectivity index (χ0n) is 7.73. The van der Waals surface area contributed by atoms with E-state index in [0.29, 0.717) is 5.75 Å². The molecule has 0 radical (unpaired) electrons. The highest BCUT2D eigenvalue weighted by Crippen LogP contribution is 2.16. The van der Waals surface area contributed by atoms with E-state index in [9.17, 15) is 5.11 Å². The molecule has 0 heterocycles. The van der Waals surface area contributed by atoms with E-state index in [-0.39, 0.29) is 6.04 Å². The van der Waals surface area contributed by atoms with Crippen molar-refractivity contribution in [3.63, 3.8) is 0 Å². The van der Waals surface area contributed by atoms with Crippen LogP contribution in [0, 0.1) is 0 Å². The molecule has 0 aromatic heterocycles. The predicted octanol–water partition coefficient (Wildman–Crippen LogP) is 1.97. The third-order valence-electron chi connectivity index (χ3n) is 1.56. The summed E-state index contributed by atoms with van der Waals surface area (Å²) in [6, 6.07) is 7.57. The molecule has 0 saturated heterocycles.